The summed E-state index contributed by atoms with van der Waals surface area (Å²) in [6.45, 7) is 1.61. The van der Waals surface area contributed by atoms with Crippen LogP contribution in [-0.2, 0) is 4.79 Å². The third kappa shape index (κ3) is 4.75. The minimum absolute atomic E-state index is 0.00320. The van der Waals surface area contributed by atoms with Crippen LogP contribution in [0.25, 0.3) is 0 Å². The minimum Gasteiger partial charge on any atom is -0.480 e. The highest BCUT2D eigenvalue weighted by Crippen LogP contribution is 2.29. The maximum absolute atomic E-state index is 13.0. The second kappa shape index (κ2) is 8.96. The fraction of sp³-hybridized carbons (Fsp3) is 0.250. The van der Waals surface area contributed by atoms with E-state index in [1.807, 2.05) is 0 Å². The number of ketones is 1. The fourth-order valence-electron chi connectivity index (χ4n) is 2.80. The lowest BCUT2D eigenvalue weighted by Gasteiger charge is -2.15. The lowest BCUT2D eigenvalue weighted by Crippen LogP contribution is -2.40. The smallest absolute Gasteiger partial charge is 0.326 e. The molecule has 0 radical (unpaired) electrons. The molecule has 0 aliphatic rings. The van der Waals surface area contributed by atoms with Crippen molar-refractivity contribution < 1.29 is 24.4 Å². The number of aliphatic carboxylic acids is 1. The Morgan fingerprint density at radius 1 is 1.14 bits per heavy atom. The monoisotopic (exact) mass is 399 g/mol. The summed E-state index contributed by atoms with van der Waals surface area (Å²) in [5, 5.41) is 22.9. The van der Waals surface area contributed by atoms with Gasteiger partial charge in [0.1, 0.15) is 11.7 Å². The van der Waals surface area contributed by atoms with E-state index in [0.29, 0.717) is 5.69 Å². The van der Waals surface area contributed by atoms with Crippen LogP contribution in [0.4, 0.5) is 11.4 Å². The molecule has 0 saturated carbocycles. The summed E-state index contributed by atoms with van der Waals surface area (Å²) < 4.78 is 0. The van der Waals surface area contributed by atoms with Crippen LogP contribution in [0, 0.1) is 10.1 Å². The molecular formula is C20H21N3O6. The maximum atomic E-state index is 13.0. The number of nitro groups is 1. The molecule has 1 atom stereocenters. The standard InChI is InChI=1S/C20H21N3O6/c1-4-15(20(26)27)21-19(25)14-8-6-5-7-13(14)18(24)12-9-10-16(22(2)3)17(11-12)23(28)29/h5-11,15H,4H2,1-3H3,(H,21,25)(H,26,27). The van der Waals surface area contributed by atoms with Crippen molar-refractivity contribution in [2.45, 2.75) is 19.4 Å². The van der Waals surface area contributed by atoms with E-state index < -0.39 is 28.6 Å². The SMILES string of the molecule is CCC(NC(=O)c1ccccc1C(=O)c1ccc(N(C)C)c([N+](=O)[O-])c1)C(=O)O. The molecule has 0 aromatic heterocycles. The first-order chi connectivity index (χ1) is 13.7. The summed E-state index contributed by atoms with van der Waals surface area (Å²) in [4.78, 5) is 49.1. The van der Waals surface area contributed by atoms with E-state index in [0.717, 1.165) is 0 Å². The molecule has 9 nitrogen and oxygen atoms in total. The summed E-state index contributed by atoms with van der Waals surface area (Å²) >= 11 is 0. The van der Waals surface area contributed by atoms with E-state index in [1.54, 1.807) is 38.1 Å². The fourth-order valence-corrected chi connectivity index (χ4v) is 2.80. The molecule has 9 heteroatoms. The van der Waals surface area contributed by atoms with Crippen LogP contribution in [0.15, 0.2) is 42.5 Å². The molecule has 0 bridgehead atoms. The van der Waals surface area contributed by atoms with Gasteiger partial charge in [-0.3, -0.25) is 19.7 Å². The molecule has 2 aromatic carbocycles. The summed E-state index contributed by atoms with van der Waals surface area (Å²) in [7, 11) is 3.30. The molecule has 2 rings (SSSR count). The van der Waals surface area contributed by atoms with Crippen LogP contribution < -0.4 is 10.2 Å². The Balaban J connectivity index is 2.45. The van der Waals surface area contributed by atoms with Crippen molar-refractivity contribution in [1.82, 2.24) is 5.32 Å². The van der Waals surface area contributed by atoms with Gasteiger partial charge in [0.2, 0.25) is 0 Å². The van der Waals surface area contributed by atoms with Gasteiger partial charge >= 0.3 is 5.97 Å². The zero-order chi connectivity index (χ0) is 21.7. The average Bonchev–Trinajstić information content (AvgIpc) is 2.70. The number of rotatable bonds is 8. The molecule has 0 heterocycles. The van der Waals surface area contributed by atoms with Crippen LogP contribution in [-0.4, -0.2) is 47.8 Å². The second-order valence-electron chi connectivity index (χ2n) is 6.50. The Morgan fingerprint density at radius 2 is 1.76 bits per heavy atom. The number of carboxylic acids is 1. The van der Waals surface area contributed by atoms with Gasteiger partial charge in [-0.2, -0.15) is 0 Å². The van der Waals surface area contributed by atoms with Gasteiger partial charge in [-0.1, -0.05) is 25.1 Å². The number of nitrogens with zero attached hydrogens (tertiary/aromatic N) is 2. The van der Waals surface area contributed by atoms with Crippen molar-refractivity contribution in [2.24, 2.45) is 0 Å². The Kier molecular flexibility index (Phi) is 6.66. The van der Waals surface area contributed by atoms with Crippen LogP contribution in [0.5, 0.6) is 0 Å². The average molecular weight is 399 g/mol. The van der Waals surface area contributed by atoms with Crippen molar-refractivity contribution in [2.75, 3.05) is 19.0 Å². The zero-order valence-electron chi connectivity index (χ0n) is 16.2. The third-order valence-electron chi connectivity index (χ3n) is 4.34. The summed E-state index contributed by atoms with van der Waals surface area (Å²) in [6, 6.07) is 8.91. The first kappa shape index (κ1) is 21.5. The first-order valence-corrected chi connectivity index (χ1v) is 8.80. The first-order valence-electron chi connectivity index (χ1n) is 8.80. The number of carboxylic acid groups (broad SMARTS) is 1. The molecule has 0 aliphatic carbocycles. The lowest BCUT2D eigenvalue weighted by molar-refractivity contribution is -0.384. The number of carbonyl (C=O) groups excluding carboxylic acids is 2. The van der Waals surface area contributed by atoms with E-state index in [-0.39, 0.29) is 28.8 Å². The topological polar surface area (TPSA) is 130 Å². The van der Waals surface area contributed by atoms with Crippen molar-refractivity contribution in [3.63, 3.8) is 0 Å². The Hall–Kier alpha value is -3.75. The summed E-state index contributed by atoms with van der Waals surface area (Å²) in [5.41, 5.74) is 0.172. The highest BCUT2D eigenvalue weighted by atomic mass is 16.6. The Morgan fingerprint density at radius 3 is 2.28 bits per heavy atom. The summed E-state index contributed by atoms with van der Waals surface area (Å²) in [6.07, 6.45) is 0.176. The van der Waals surface area contributed by atoms with Crippen LogP contribution >= 0.6 is 0 Å². The highest BCUT2D eigenvalue weighted by molar-refractivity contribution is 6.16. The molecule has 2 aromatic rings. The van der Waals surface area contributed by atoms with Crippen LogP contribution in [0.2, 0.25) is 0 Å². The molecule has 0 fully saturated rings. The quantitative estimate of drug-likeness (QED) is 0.396. The van der Waals surface area contributed by atoms with E-state index in [4.69, 9.17) is 5.11 Å². The molecular weight excluding hydrogens is 378 g/mol. The van der Waals surface area contributed by atoms with Gasteiger partial charge in [0.05, 0.1) is 10.5 Å². The van der Waals surface area contributed by atoms with E-state index >= 15 is 0 Å². The van der Waals surface area contributed by atoms with Crippen molar-refractivity contribution in [3.05, 3.63) is 69.3 Å². The molecule has 1 unspecified atom stereocenters. The van der Waals surface area contributed by atoms with Crippen molar-refractivity contribution >= 4 is 29.0 Å². The molecule has 2 N–H and O–H groups in total. The van der Waals surface area contributed by atoms with Gasteiger partial charge in [0, 0.05) is 31.3 Å². The second-order valence-corrected chi connectivity index (χ2v) is 6.50. The Labute approximate surface area is 167 Å². The molecule has 152 valence electrons. The van der Waals surface area contributed by atoms with Crippen LogP contribution in [0.1, 0.15) is 39.6 Å². The number of hydrogen-bond donors (Lipinski definition) is 2. The van der Waals surface area contributed by atoms with E-state index in [1.165, 1.54) is 30.3 Å². The highest BCUT2D eigenvalue weighted by Gasteiger charge is 2.24. The molecule has 29 heavy (non-hydrogen) atoms. The predicted molar refractivity (Wildman–Crippen MR) is 106 cm³/mol. The van der Waals surface area contributed by atoms with Gasteiger partial charge in [-0.15, -0.1) is 0 Å². The molecule has 1 amide bonds. The van der Waals surface area contributed by atoms with Gasteiger partial charge in [0.15, 0.2) is 5.78 Å². The Bertz CT molecular complexity index is 970. The van der Waals surface area contributed by atoms with E-state index in [2.05, 4.69) is 5.32 Å². The van der Waals surface area contributed by atoms with Crippen molar-refractivity contribution in [1.29, 1.82) is 0 Å². The van der Waals surface area contributed by atoms with Gasteiger partial charge in [-0.05, 0) is 24.6 Å². The third-order valence-corrected chi connectivity index (χ3v) is 4.34. The van der Waals surface area contributed by atoms with Gasteiger partial charge < -0.3 is 15.3 Å². The van der Waals surface area contributed by atoms with Crippen molar-refractivity contribution in [3.8, 4) is 0 Å². The number of hydrogen-bond acceptors (Lipinski definition) is 6. The molecule has 0 saturated heterocycles. The normalized spacial score (nSPS) is 11.4. The largest absolute Gasteiger partial charge is 0.480 e. The number of nitro benzene ring substituents is 1. The molecule has 0 spiro atoms. The predicted octanol–water partition coefficient (Wildman–Crippen LogP) is 2.48. The zero-order valence-corrected chi connectivity index (χ0v) is 16.2. The number of nitrogens with one attached hydrogen (secondary N) is 1. The molecule has 0 aliphatic heterocycles. The lowest BCUT2D eigenvalue weighted by atomic mass is 9.97. The summed E-state index contributed by atoms with van der Waals surface area (Å²) in [5.74, 6) is -2.46. The number of carbonyl (C=O) groups is 3. The minimum atomic E-state index is -1.18. The number of amides is 1. The van der Waals surface area contributed by atoms with E-state index in [9.17, 15) is 24.5 Å². The number of anilines is 1. The number of benzene rings is 2. The van der Waals surface area contributed by atoms with Crippen LogP contribution in [0.3, 0.4) is 0 Å². The van der Waals surface area contributed by atoms with Gasteiger partial charge in [-0.25, -0.2) is 4.79 Å². The maximum Gasteiger partial charge on any atom is 0.326 e. The van der Waals surface area contributed by atoms with Gasteiger partial charge in [0.25, 0.3) is 11.6 Å².